The number of carbonyl (C=O) groups excluding carboxylic acids is 17. The Labute approximate surface area is 836 Å². The van der Waals surface area contributed by atoms with Crippen molar-refractivity contribution in [1.29, 1.82) is 5.41 Å². The first kappa shape index (κ1) is 128. The van der Waals surface area contributed by atoms with E-state index in [1.54, 1.807) is 70.5 Å². The van der Waals surface area contributed by atoms with Crippen LogP contribution in [0.4, 0.5) is 0 Å². The third-order valence-corrected chi connectivity index (χ3v) is 22.8. The van der Waals surface area contributed by atoms with Gasteiger partial charge in [0.1, 0.15) is 96.7 Å². The van der Waals surface area contributed by atoms with Gasteiger partial charge >= 0.3 is 35.8 Å². The van der Waals surface area contributed by atoms with Crippen molar-refractivity contribution >= 4 is 166 Å². The average Bonchev–Trinajstić information content (AvgIpc) is 0.844. The van der Waals surface area contributed by atoms with Crippen LogP contribution < -0.4 is 113 Å². The third kappa shape index (κ3) is 53.0. The van der Waals surface area contributed by atoms with Gasteiger partial charge in [0.25, 0.3) is 0 Å². The molecular formula is C89H146N22O30S2. The zero-order valence-electron chi connectivity index (χ0n) is 82.5. The lowest BCUT2D eigenvalue weighted by atomic mass is 10.00. The molecule has 0 bridgehead atoms. The molecule has 0 aliphatic carbocycles. The van der Waals surface area contributed by atoms with Gasteiger partial charge in [-0.3, -0.25) is 111 Å². The predicted octanol–water partition coefficient (Wildman–Crippen LogP) is -5.83. The SMILES string of the molecule is CSCC[C@H](NC(=O)[C@H](CCCCN)NC(=O)[C@H](CCSC)NC(=O)[C@H](CO)NC(=O)[C@H](CCC(=O)O)NC(=O)[C@H](Cc1ccccc1)NC(=O)[C@@H](NC(=O)[C@H](C)NC(=O)[C@H](CCCNC(=N)N)NC(=O)[C@H](CC(C)C)NC(=O)CNC(=O)[C@H](CCC(=O)O)NC(=O)[C@@H](N)CC(C)C)C(C)C)C(=O)N[C@@H](CCC(=O)O)C(=O)N[C@@H](CC(C)C)C(=O)N[C@@H](C)C(=O)N[C@@H](CC(=O)O)C(=O)N[C@@H](CCC(=O)O)C(=O)O. The molecule has 804 valence electrons. The first-order chi connectivity index (χ1) is 67.1. The van der Waals surface area contributed by atoms with Crippen LogP contribution in [0.3, 0.4) is 0 Å². The number of unbranched alkanes of at least 4 members (excludes halogenated alkanes) is 1. The molecule has 0 unspecified atom stereocenters. The molecule has 143 heavy (non-hydrogen) atoms. The van der Waals surface area contributed by atoms with E-state index < -0.39 is 321 Å². The van der Waals surface area contributed by atoms with Crippen LogP contribution in [0.1, 0.15) is 197 Å². The van der Waals surface area contributed by atoms with E-state index in [0.717, 1.165) is 6.92 Å². The molecule has 54 heteroatoms. The quantitative estimate of drug-likeness (QED) is 0.0164. The molecule has 0 aliphatic rings. The minimum absolute atomic E-state index is 0.00988. The van der Waals surface area contributed by atoms with Gasteiger partial charge in [0.2, 0.25) is 100 Å². The van der Waals surface area contributed by atoms with Crippen molar-refractivity contribution in [3.63, 3.8) is 0 Å². The van der Waals surface area contributed by atoms with Crippen molar-refractivity contribution in [3.05, 3.63) is 35.9 Å². The van der Waals surface area contributed by atoms with Gasteiger partial charge in [-0.25, -0.2) is 4.79 Å². The molecule has 0 fully saturated rings. The summed E-state index contributed by atoms with van der Waals surface area (Å²) in [6.45, 7) is 13.8. The molecule has 0 aliphatic heterocycles. The van der Waals surface area contributed by atoms with Crippen molar-refractivity contribution in [2.24, 2.45) is 40.9 Å². The van der Waals surface area contributed by atoms with Crippen LogP contribution in [0.2, 0.25) is 0 Å². The van der Waals surface area contributed by atoms with Gasteiger partial charge in [0.05, 0.1) is 25.6 Å². The summed E-state index contributed by atoms with van der Waals surface area (Å²) in [5.41, 5.74) is 17.7. The molecule has 52 nitrogen and oxygen atoms in total. The number of carbonyl (C=O) groups is 23. The van der Waals surface area contributed by atoms with E-state index >= 15 is 0 Å². The van der Waals surface area contributed by atoms with Crippen molar-refractivity contribution in [1.82, 2.24) is 95.7 Å². The number of nitrogens with one attached hydrogen (secondary N) is 19. The van der Waals surface area contributed by atoms with Gasteiger partial charge in [0, 0.05) is 38.6 Å². The standard InChI is InChI=1S/C89H146N22O30S2/c1-44(2)37-51(91)74(126)99-54(23-27-66(114)115)75(127)95-42-65(113)98-60(38-45(3)4)83(135)101-53(22-18-34-94-89(92)93)76(128)96-49(10)73(125)111-71(47(7)8)87(139)109-62(40-50-19-14-13-15-20-50)84(136)103-56(25-29-68(118)119)79(131)110-64(43-112)86(138)105-58(32-36-143-12)80(132)100-52(21-16-17-33-90)77(129)104-57(31-35-142-11)81(133)102-55(24-28-67(116)117)78(130)108-61(39-46(5)6)82(134)97-48(9)72(124)107-63(41-70(122)123)85(137)106-59(88(140)141)26-30-69(120)121/h13-15,19-20,44-49,51-64,71,112H,16-18,21-43,90-91H2,1-12H3,(H,95,127)(H,96,128)(H,97,134)(H,98,113)(H,99,126)(H,100,132)(H,101,135)(H,102,133)(H,103,136)(H,104,129)(H,105,138)(H,106,137)(H,107,124)(H,108,130)(H,109,139)(H,110,131)(H,111,125)(H,114,115)(H,116,117)(H,118,119)(H,120,121)(H,122,123)(H,140,141)(H4,92,93,94)/t48-,49-,51-,52-,53-,54-,55-,56-,57-,58-,59-,60-,61-,62-,63-,64-,71-/m0/s1. The highest BCUT2D eigenvalue weighted by molar-refractivity contribution is 7.98. The van der Waals surface area contributed by atoms with E-state index in [4.69, 9.17) is 27.7 Å². The van der Waals surface area contributed by atoms with Crippen LogP contribution in [-0.4, -0.2) is 331 Å². The Hall–Kier alpha value is -13.1. The molecule has 0 aromatic heterocycles. The normalized spacial score (nSPS) is 14.7. The van der Waals surface area contributed by atoms with Crippen LogP contribution in [0.15, 0.2) is 30.3 Å². The first-order valence-corrected chi connectivity index (χ1v) is 49.5. The molecule has 0 saturated heterocycles. The summed E-state index contributed by atoms with van der Waals surface area (Å²) < 4.78 is 0. The Morgan fingerprint density at radius 1 is 0.343 bits per heavy atom. The lowest BCUT2D eigenvalue weighted by Crippen LogP contribution is -2.61. The van der Waals surface area contributed by atoms with Gasteiger partial charge in [-0.2, -0.15) is 23.5 Å². The molecule has 1 aromatic carbocycles. The number of thioether (sulfide) groups is 2. The minimum Gasteiger partial charge on any atom is -0.481 e. The molecule has 0 saturated carbocycles. The number of nitrogens with two attached hydrogens (primary N) is 3. The fraction of sp³-hybridized carbons (Fsp3) is 0.663. The molecule has 0 radical (unpaired) electrons. The second-order valence-electron chi connectivity index (χ2n) is 35.6. The zero-order valence-corrected chi connectivity index (χ0v) is 84.1. The average molecular weight is 2070 g/mol. The van der Waals surface area contributed by atoms with Crippen LogP contribution in [0.5, 0.6) is 0 Å². The summed E-state index contributed by atoms with van der Waals surface area (Å²) in [4.78, 5) is 310. The Bertz CT molecular complexity index is 4460. The first-order valence-electron chi connectivity index (χ1n) is 46.7. The van der Waals surface area contributed by atoms with E-state index in [0.29, 0.717) is 5.56 Å². The molecule has 32 N–H and O–H groups in total. The summed E-state index contributed by atoms with van der Waals surface area (Å²) in [5.74, 6) is -28.5. The molecule has 17 amide bonds. The Morgan fingerprint density at radius 3 is 1.08 bits per heavy atom. The number of carboxylic acids is 6. The number of benzene rings is 1. The Kier molecular flexibility index (Phi) is 60.9. The maximum atomic E-state index is 14.8. The molecule has 17 atom stereocenters. The maximum absolute atomic E-state index is 14.8. The smallest absolute Gasteiger partial charge is 0.326 e. The van der Waals surface area contributed by atoms with E-state index in [1.807, 2.05) is 19.2 Å². The van der Waals surface area contributed by atoms with Crippen molar-refractivity contribution in [2.75, 3.05) is 50.3 Å². The summed E-state index contributed by atoms with van der Waals surface area (Å²) in [5, 5.41) is 119. The minimum atomic E-state index is -1.99. The maximum Gasteiger partial charge on any atom is 0.326 e. The Balaban J connectivity index is 3.69. The summed E-state index contributed by atoms with van der Waals surface area (Å²) in [7, 11) is 0. The van der Waals surface area contributed by atoms with Gasteiger partial charge in [0.15, 0.2) is 5.96 Å². The number of aliphatic hydroxyl groups is 1. The zero-order chi connectivity index (χ0) is 109. The number of aliphatic hydroxyl groups excluding tert-OH is 1. The van der Waals surface area contributed by atoms with E-state index in [9.17, 15) is 141 Å². The number of hydrogen-bond acceptors (Lipinski definition) is 29. The van der Waals surface area contributed by atoms with E-state index in [1.165, 1.54) is 44.3 Å². The van der Waals surface area contributed by atoms with E-state index in [2.05, 4.69) is 90.4 Å². The highest BCUT2D eigenvalue weighted by Crippen LogP contribution is 2.17. The second-order valence-corrected chi connectivity index (χ2v) is 37.6. The fourth-order valence-electron chi connectivity index (χ4n) is 13.8. The monoisotopic (exact) mass is 2070 g/mol. The van der Waals surface area contributed by atoms with Crippen molar-refractivity contribution < 1.29 is 146 Å². The number of amides is 17. The number of guanidine groups is 1. The number of carboxylic acid groups (broad SMARTS) is 6. The molecule has 1 rings (SSSR count). The van der Waals surface area contributed by atoms with Gasteiger partial charge < -0.3 is 149 Å². The predicted molar refractivity (Wildman–Crippen MR) is 519 cm³/mol. The van der Waals surface area contributed by atoms with Crippen molar-refractivity contribution in [2.45, 2.75) is 300 Å². The number of hydrogen-bond donors (Lipinski definition) is 29. The van der Waals surface area contributed by atoms with Crippen LogP contribution >= 0.6 is 23.5 Å². The van der Waals surface area contributed by atoms with Crippen LogP contribution in [0.25, 0.3) is 0 Å². The largest absolute Gasteiger partial charge is 0.481 e. The lowest BCUT2D eigenvalue weighted by molar-refractivity contribution is -0.144. The van der Waals surface area contributed by atoms with Gasteiger partial charge in [-0.05, 0) is 164 Å². The summed E-state index contributed by atoms with van der Waals surface area (Å²) >= 11 is 2.41. The van der Waals surface area contributed by atoms with E-state index in [-0.39, 0.29) is 113 Å². The van der Waals surface area contributed by atoms with Crippen molar-refractivity contribution in [3.8, 4) is 0 Å². The second kappa shape index (κ2) is 68.1. The fourth-order valence-corrected chi connectivity index (χ4v) is 14.7. The summed E-state index contributed by atoms with van der Waals surface area (Å²) in [6.07, 6.45) is -3.52. The van der Waals surface area contributed by atoms with Crippen LogP contribution in [-0.2, 0) is 117 Å². The molecule has 0 spiro atoms. The summed E-state index contributed by atoms with van der Waals surface area (Å²) in [6, 6.07) is -19.4. The van der Waals surface area contributed by atoms with Crippen LogP contribution in [0, 0.1) is 29.1 Å². The highest BCUT2D eigenvalue weighted by atomic mass is 32.2. The molecule has 0 heterocycles. The van der Waals surface area contributed by atoms with Gasteiger partial charge in [-0.1, -0.05) is 85.7 Å². The molecule has 1 aromatic rings. The highest BCUT2D eigenvalue weighted by Gasteiger charge is 2.40. The Morgan fingerprint density at radius 2 is 0.678 bits per heavy atom. The lowest BCUT2D eigenvalue weighted by Gasteiger charge is -2.29. The number of aliphatic carboxylic acids is 6. The molecular weight excluding hydrogens is 1920 g/mol. The third-order valence-electron chi connectivity index (χ3n) is 21.5. The number of rotatable bonds is 73. The van der Waals surface area contributed by atoms with Gasteiger partial charge in [-0.15, -0.1) is 0 Å². The topological polar surface area (TPSA) is 853 Å².